The Hall–Kier alpha value is -3.67. The van der Waals surface area contributed by atoms with Crippen molar-refractivity contribution in [1.82, 2.24) is 14.7 Å². The average Bonchev–Trinajstić information content (AvgIpc) is 3.21. The molecule has 0 atom stereocenters. The van der Waals surface area contributed by atoms with E-state index in [4.69, 9.17) is 5.10 Å². The minimum Gasteiger partial charge on any atom is -0.353 e. The van der Waals surface area contributed by atoms with Crippen molar-refractivity contribution in [3.05, 3.63) is 84.2 Å². The molecule has 5 rings (SSSR count). The standard InChI is InChI=1S/C27H27FN4O/c1-2-26(33)30-13-15-31(16-14-30)27-24-12-11-22(21-9-6-10-23(28)17-21)18-25(24)29-32(27)19-20-7-4-3-5-8-20/h3-12,17-18H,2,13-16,19H2,1H3. The lowest BCUT2D eigenvalue weighted by molar-refractivity contribution is -0.131. The molecule has 2 heterocycles. The molecule has 1 aliphatic heterocycles. The molecule has 5 nitrogen and oxygen atoms in total. The van der Waals surface area contributed by atoms with Crippen LogP contribution in [0.2, 0.25) is 0 Å². The summed E-state index contributed by atoms with van der Waals surface area (Å²) in [6, 6.07) is 23.1. The molecule has 168 valence electrons. The first-order valence-electron chi connectivity index (χ1n) is 11.5. The number of nitrogens with zero attached hydrogens (tertiary/aromatic N) is 4. The topological polar surface area (TPSA) is 41.4 Å². The predicted molar refractivity (Wildman–Crippen MR) is 130 cm³/mol. The highest BCUT2D eigenvalue weighted by atomic mass is 19.1. The average molecular weight is 443 g/mol. The summed E-state index contributed by atoms with van der Waals surface area (Å²) in [6.07, 6.45) is 0.539. The Morgan fingerprint density at radius 2 is 1.67 bits per heavy atom. The Kier molecular flexibility index (Phi) is 5.82. The highest BCUT2D eigenvalue weighted by molar-refractivity contribution is 5.93. The zero-order valence-corrected chi connectivity index (χ0v) is 18.7. The Labute approximate surface area is 193 Å². The van der Waals surface area contributed by atoms with Crippen LogP contribution in [0.25, 0.3) is 22.0 Å². The largest absolute Gasteiger partial charge is 0.353 e. The van der Waals surface area contributed by atoms with Gasteiger partial charge in [0.05, 0.1) is 12.1 Å². The summed E-state index contributed by atoms with van der Waals surface area (Å²) in [6.45, 7) is 5.54. The van der Waals surface area contributed by atoms with Crippen LogP contribution in [0.1, 0.15) is 18.9 Å². The van der Waals surface area contributed by atoms with Crippen molar-refractivity contribution < 1.29 is 9.18 Å². The SMILES string of the molecule is CCC(=O)N1CCN(c2c3ccc(-c4cccc(F)c4)cc3nn2Cc2ccccc2)CC1. The third-order valence-corrected chi connectivity index (χ3v) is 6.28. The van der Waals surface area contributed by atoms with Gasteiger partial charge in [-0.1, -0.05) is 55.5 Å². The highest BCUT2D eigenvalue weighted by Gasteiger charge is 2.25. The molecule has 1 aromatic heterocycles. The minimum atomic E-state index is -0.248. The lowest BCUT2D eigenvalue weighted by atomic mass is 10.0. The van der Waals surface area contributed by atoms with E-state index in [0.717, 1.165) is 40.9 Å². The molecule has 0 aliphatic carbocycles. The number of hydrogen-bond donors (Lipinski definition) is 0. The normalized spacial score (nSPS) is 14.1. The van der Waals surface area contributed by atoms with E-state index in [-0.39, 0.29) is 11.7 Å². The minimum absolute atomic E-state index is 0.206. The van der Waals surface area contributed by atoms with Crippen molar-refractivity contribution in [2.24, 2.45) is 0 Å². The monoisotopic (exact) mass is 442 g/mol. The molecule has 0 spiro atoms. The van der Waals surface area contributed by atoms with Gasteiger partial charge in [0.15, 0.2) is 0 Å². The zero-order chi connectivity index (χ0) is 22.8. The van der Waals surface area contributed by atoms with Crippen LogP contribution in [-0.4, -0.2) is 46.8 Å². The number of piperazine rings is 1. The second-order valence-electron chi connectivity index (χ2n) is 8.43. The number of carbonyl (C=O) groups excluding carboxylic acids is 1. The van der Waals surface area contributed by atoms with Crippen molar-refractivity contribution in [3.8, 4) is 11.1 Å². The first-order valence-corrected chi connectivity index (χ1v) is 11.5. The number of benzene rings is 3. The van der Waals surface area contributed by atoms with Crippen LogP contribution < -0.4 is 4.90 Å². The number of aromatic nitrogens is 2. The molecular formula is C27H27FN4O. The maximum Gasteiger partial charge on any atom is 0.222 e. The first kappa shape index (κ1) is 21.2. The van der Waals surface area contributed by atoms with Crippen LogP contribution in [0.4, 0.5) is 10.2 Å². The number of fused-ring (bicyclic) bond motifs is 1. The van der Waals surface area contributed by atoms with Crippen LogP contribution >= 0.6 is 0 Å². The van der Waals surface area contributed by atoms with Gasteiger partial charge in [-0.15, -0.1) is 0 Å². The number of halogens is 1. The van der Waals surface area contributed by atoms with Gasteiger partial charge < -0.3 is 9.80 Å². The lowest BCUT2D eigenvalue weighted by Crippen LogP contribution is -2.49. The molecule has 3 aromatic carbocycles. The third-order valence-electron chi connectivity index (χ3n) is 6.28. The van der Waals surface area contributed by atoms with Gasteiger partial charge in [0.2, 0.25) is 5.91 Å². The summed E-state index contributed by atoms with van der Waals surface area (Å²) in [4.78, 5) is 16.4. The van der Waals surface area contributed by atoms with Gasteiger partial charge in [0.25, 0.3) is 0 Å². The second-order valence-corrected chi connectivity index (χ2v) is 8.43. The van der Waals surface area contributed by atoms with Gasteiger partial charge in [-0.2, -0.15) is 5.10 Å². The van der Waals surface area contributed by atoms with Crippen molar-refractivity contribution in [2.45, 2.75) is 19.9 Å². The number of hydrogen-bond acceptors (Lipinski definition) is 3. The predicted octanol–water partition coefficient (Wildman–Crippen LogP) is 4.95. The molecule has 1 fully saturated rings. The number of anilines is 1. The van der Waals surface area contributed by atoms with E-state index in [1.54, 1.807) is 12.1 Å². The van der Waals surface area contributed by atoms with Crippen LogP contribution in [0.3, 0.4) is 0 Å². The molecule has 0 bridgehead atoms. The lowest BCUT2D eigenvalue weighted by Gasteiger charge is -2.36. The molecule has 1 amide bonds. The van der Waals surface area contributed by atoms with Gasteiger partial charge in [-0.25, -0.2) is 9.07 Å². The fourth-order valence-corrected chi connectivity index (χ4v) is 4.56. The summed E-state index contributed by atoms with van der Waals surface area (Å²) in [5.74, 6) is 1.03. The Bertz CT molecular complexity index is 1280. The smallest absolute Gasteiger partial charge is 0.222 e. The van der Waals surface area contributed by atoms with Crippen molar-refractivity contribution in [1.29, 1.82) is 0 Å². The fraction of sp³-hybridized carbons (Fsp3) is 0.259. The number of rotatable bonds is 5. The van der Waals surface area contributed by atoms with Crippen LogP contribution in [0.5, 0.6) is 0 Å². The molecule has 1 aliphatic rings. The molecular weight excluding hydrogens is 415 g/mol. The van der Waals surface area contributed by atoms with Crippen molar-refractivity contribution >= 4 is 22.6 Å². The molecule has 1 saturated heterocycles. The number of amides is 1. The molecule has 6 heteroatoms. The summed E-state index contributed by atoms with van der Waals surface area (Å²) >= 11 is 0. The van der Waals surface area contributed by atoms with Gasteiger partial charge in [-0.3, -0.25) is 4.79 Å². The van der Waals surface area contributed by atoms with E-state index >= 15 is 0 Å². The van der Waals surface area contributed by atoms with E-state index in [1.807, 2.05) is 48.2 Å². The molecule has 0 radical (unpaired) electrons. The van der Waals surface area contributed by atoms with E-state index in [9.17, 15) is 9.18 Å². The molecule has 33 heavy (non-hydrogen) atoms. The molecule has 4 aromatic rings. The summed E-state index contributed by atoms with van der Waals surface area (Å²) in [5.41, 5.74) is 3.84. The second kappa shape index (κ2) is 9.06. The van der Waals surface area contributed by atoms with Gasteiger partial charge in [-0.05, 0) is 41.0 Å². The van der Waals surface area contributed by atoms with Crippen LogP contribution in [0.15, 0.2) is 72.8 Å². The fourth-order valence-electron chi connectivity index (χ4n) is 4.56. The van der Waals surface area contributed by atoms with Crippen molar-refractivity contribution in [3.63, 3.8) is 0 Å². The molecule has 0 unspecified atom stereocenters. The summed E-state index contributed by atoms with van der Waals surface area (Å²) in [7, 11) is 0. The summed E-state index contributed by atoms with van der Waals surface area (Å²) < 4.78 is 15.8. The number of carbonyl (C=O) groups is 1. The molecule has 0 N–H and O–H groups in total. The Balaban J connectivity index is 1.53. The molecule has 0 saturated carbocycles. The van der Waals surface area contributed by atoms with Gasteiger partial charge in [0, 0.05) is 38.0 Å². The van der Waals surface area contributed by atoms with Crippen LogP contribution in [-0.2, 0) is 11.3 Å². The van der Waals surface area contributed by atoms with E-state index in [1.165, 1.54) is 11.6 Å². The zero-order valence-electron chi connectivity index (χ0n) is 18.7. The maximum absolute atomic E-state index is 13.8. The Morgan fingerprint density at radius 1 is 0.909 bits per heavy atom. The highest BCUT2D eigenvalue weighted by Crippen LogP contribution is 2.32. The Morgan fingerprint density at radius 3 is 2.39 bits per heavy atom. The summed E-state index contributed by atoms with van der Waals surface area (Å²) in [5, 5.41) is 6.03. The van der Waals surface area contributed by atoms with Gasteiger partial charge >= 0.3 is 0 Å². The quantitative estimate of drug-likeness (QED) is 0.439. The van der Waals surface area contributed by atoms with Crippen molar-refractivity contribution in [2.75, 3.05) is 31.1 Å². The first-order chi connectivity index (χ1) is 16.1. The third kappa shape index (κ3) is 4.33. The van der Waals surface area contributed by atoms with E-state index in [0.29, 0.717) is 26.1 Å². The van der Waals surface area contributed by atoms with Gasteiger partial charge in [0.1, 0.15) is 11.6 Å². The van der Waals surface area contributed by atoms with E-state index < -0.39 is 0 Å². The maximum atomic E-state index is 13.8. The van der Waals surface area contributed by atoms with Crippen LogP contribution in [0, 0.1) is 5.82 Å². The van der Waals surface area contributed by atoms with E-state index in [2.05, 4.69) is 27.8 Å².